The predicted molar refractivity (Wildman–Crippen MR) is 433 cm³/mol. The number of aromatic hydroxyl groups is 1. The van der Waals surface area contributed by atoms with Gasteiger partial charge in [0.1, 0.15) is 5.75 Å². The summed E-state index contributed by atoms with van der Waals surface area (Å²) in [6, 6.07) is 37.8. The number of carbonyl (C=O) groups is 12. The van der Waals surface area contributed by atoms with Gasteiger partial charge in [-0.05, 0) is 110 Å². The second-order valence-electron chi connectivity index (χ2n) is 30.2. The van der Waals surface area contributed by atoms with Crippen molar-refractivity contribution in [3.63, 3.8) is 0 Å². The molecule has 9 rings (SSSR count). The molecule has 0 saturated carbocycles. The molecule has 15 N–H and O–H groups in total. The quantitative estimate of drug-likeness (QED) is 0.00776. The molecule has 5 aromatic carbocycles. The number of nitrogens with one attached hydrogen (secondary N) is 9. The molecule has 28 heteroatoms. The standard InChI is InChI=1S/C86H107N13O14S/c1-54(2)42-69(76(105)47-57(19-16-39-92-85(88)89)84(113)99-40-17-28-72(99)73(102)34-35-78(87)107)96-81(110)56(18-14-15-38-91-79(108)37-41-114-86(61-20-6-3-7-21-61,62-22-8-4-9-23-62)63-24-10-5-11-25-63)46-75(104)70(43-55-29-31-65(101)32-30-55)97-83(112)60(52-100)49-77(106)71(45-59-50-93-67-27-13-12-26-66(59)67)98-82(111)58(44-64-51-90-53-94-64)48-74(103)68-33-36-80(109)95-68/h3-13,20-27,29-32,50-51,53-54,56-58,60,68-72,93,100-101H,14-19,28,33-49,52H2,1-2H3,(H2,87,107)(H,90,94)(H,91,108)(H,95,109)(H,96,110)(H,97,112)(H,98,111)(H4,88,89,92). The SMILES string of the molecule is CC(C)CC(NC(=O)C(CCCCNC(=O)CCSC(c1ccccc1)(c1ccccc1)c1ccccc1)CC(=O)C(Cc1ccc(O)cc1)NC(=O)C(CO)CC(=O)C(Cc1c[nH]c2ccccc12)NC(=O)C(CC(=O)C1CCC(=O)N1)Cc1c[nH]cn1)C(=O)CC(CCCNC(=N)N)C(=O)N1CCCC1C(=O)CCC(N)=O. The maximum absolute atomic E-state index is 15.4. The summed E-state index contributed by atoms with van der Waals surface area (Å²) in [5.74, 6) is -11.5. The number of carbonyl (C=O) groups excluding carboxylic acids is 12. The highest BCUT2D eigenvalue weighted by Crippen LogP contribution is 2.49. The second-order valence-corrected chi connectivity index (χ2v) is 31.5. The number of phenolic OH excluding ortho intramolecular Hbond substituents is 1. The molecule has 9 unspecified atom stereocenters. The van der Waals surface area contributed by atoms with Crippen LogP contribution in [0.25, 0.3) is 10.9 Å². The summed E-state index contributed by atoms with van der Waals surface area (Å²) in [6.45, 7) is 3.38. The Morgan fingerprint density at radius 1 is 0.623 bits per heavy atom. The number of nitrogens with zero attached hydrogens (tertiary/aromatic N) is 2. The van der Waals surface area contributed by atoms with Crippen LogP contribution in [0.1, 0.15) is 157 Å². The number of rotatable bonds is 48. The van der Waals surface area contributed by atoms with E-state index in [-0.39, 0.29) is 157 Å². The first kappa shape index (κ1) is 86.8. The summed E-state index contributed by atoms with van der Waals surface area (Å²) in [7, 11) is 0. The van der Waals surface area contributed by atoms with Crippen molar-refractivity contribution < 1.29 is 67.7 Å². The van der Waals surface area contributed by atoms with E-state index in [0.29, 0.717) is 41.8 Å². The number of fused-ring (bicyclic) bond motifs is 1. The molecule has 27 nitrogen and oxygen atoms in total. The van der Waals surface area contributed by atoms with Gasteiger partial charge in [0.05, 0.1) is 65.4 Å². The number of likely N-dealkylation sites (tertiary alicyclic amines) is 1. The highest BCUT2D eigenvalue weighted by Gasteiger charge is 2.42. The van der Waals surface area contributed by atoms with Gasteiger partial charge in [0.2, 0.25) is 41.4 Å². The Morgan fingerprint density at radius 2 is 1.20 bits per heavy atom. The van der Waals surface area contributed by atoms with E-state index in [1.54, 1.807) is 36.3 Å². The van der Waals surface area contributed by atoms with Crippen LogP contribution in [0.4, 0.5) is 0 Å². The van der Waals surface area contributed by atoms with Crippen molar-refractivity contribution in [2.24, 2.45) is 41.1 Å². The Labute approximate surface area is 668 Å². The van der Waals surface area contributed by atoms with Crippen LogP contribution in [0.15, 0.2) is 158 Å². The molecule has 606 valence electrons. The number of H-pyrrole nitrogens is 2. The largest absolute Gasteiger partial charge is 0.508 e. The Hall–Kier alpha value is -11.1. The molecule has 9 atom stereocenters. The zero-order valence-electron chi connectivity index (χ0n) is 64.7. The summed E-state index contributed by atoms with van der Waals surface area (Å²) >= 11 is 1.64. The molecule has 0 bridgehead atoms. The number of hydrogen-bond acceptors (Lipinski definition) is 17. The van der Waals surface area contributed by atoms with Gasteiger partial charge in [-0.3, -0.25) is 62.9 Å². The number of phenols is 1. The number of para-hydroxylation sites is 1. The molecular formula is C86H107N13O14S. The summed E-state index contributed by atoms with van der Waals surface area (Å²) in [5.41, 5.74) is 16.4. The third-order valence-corrected chi connectivity index (χ3v) is 22.8. The monoisotopic (exact) mass is 1580 g/mol. The van der Waals surface area contributed by atoms with Crippen molar-refractivity contribution in [2.75, 3.05) is 32.0 Å². The van der Waals surface area contributed by atoms with Crippen LogP contribution in [0.3, 0.4) is 0 Å². The van der Waals surface area contributed by atoms with Crippen LogP contribution >= 0.6 is 11.8 Å². The maximum atomic E-state index is 15.4. The van der Waals surface area contributed by atoms with Crippen molar-refractivity contribution >= 4 is 98.9 Å². The summed E-state index contributed by atoms with van der Waals surface area (Å²) in [5, 5.41) is 47.0. The molecule has 0 spiro atoms. The molecule has 2 aliphatic rings. The first-order valence-electron chi connectivity index (χ1n) is 39.4. The predicted octanol–water partition coefficient (Wildman–Crippen LogP) is 7.19. The Balaban J connectivity index is 0.958. The van der Waals surface area contributed by atoms with Gasteiger partial charge in [-0.2, -0.15) is 0 Å². The summed E-state index contributed by atoms with van der Waals surface area (Å²) in [4.78, 5) is 182. The van der Waals surface area contributed by atoms with Crippen LogP contribution in [-0.2, 0) is 81.5 Å². The third-order valence-electron chi connectivity index (χ3n) is 21.2. The number of ketones is 5. The van der Waals surface area contributed by atoms with Crippen molar-refractivity contribution in [3.05, 3.63) is 192 Å². The number of primary amides is 1. The van der Waals surface area contributed by atoms with Crippen LogP contribution in [0.2, 0.25) is 0 Å². The fourth-order valence-electron chi connectivity index (χ4n) is 15.2. The minimum atomic E-state index is -1.53. The van der Waals surface area contributed by atoms with E-state index in [4.69, 9.17) is 16.9 Å². The Morgan fingerprint density at radius 3 is 1.81 bits per heavy atom. The molecular weight excluding hydrogens is 1470 g/mol. The lowest BCUT2D eigenvalue weighted by molar-refractivity contribution is -0.143. The van der Waals surface area contributed by atoms with Crippen molar-refractivity contribution in [2.45, 2.75) is 177 Å². The number of guanidine groups is 1. The van der Waals surface area contributed by atoms with Gasteiger partial charge in [-0.25, -0.2) is 4.98 Å². The maximum Gasteiger partial charge on any atom is 0.226 e. The molecule has 2 saturated heterocycles. The second kappa shape index (κ2) is 43.2. The molecule has 7 aromatic rings. The number of unbranched alkanes of at least 4 members (excludes halogenated alkanes) is 1. The number of imidazole rings is 1. The van der Waals surface area contributed by atoms with E-state index in [1.165, 1.54) is 23.4 Å². The number of benzene rings is 5. The molecule has 2 aliphatic heterocycles. The number of aromatic amines is 2. The zero-order valence-corrected chi connectivity index (χ0v) is 65.5. The van der Waals surface area contributed by atoms with Gasteiger partial charge in [0.25, 0.3) is 0 Å². The first-order valence-corrected chi connectivity index (χ1v) is 40.4. The van der Waals surface area contributed by atoms with Crippen molar-refractivity contribution in [3.8, 4) is 5.75 Å². The van der Waals surface area contributed by atoms with E-state index >= 15 is 19.2 Å². The van der Waals surface area contributed by atoms with Gasteiger partial charge in [0.15, 0.2) is 34.9 Å². The Bertz CT molecular complexity index is 4330. The summed E-state index contributed by atoms with van der Waals surface area (Å²) < 4.78 is -0.664. The zero-order chi connectivity index (χ0) is 81.7. The van der Waals surface area contributed by atoms with E-state index in [2.05, 4.69) is 83.3 Å². The minimum absolute atomic E-state index is 0.0209. The van der Waals surface area contributed by atoms with E-state index in [1.807, 2.05) is 92.7 Å². The van der Waals surface area contributed by atoms with Crippen LogP contribution < -0.4 is 43.4 Å². The van der Waals surface area contributed by atoms with Crippen molar-refractivity contribution in [1.29, 1.82) is 5.41 Å². The summed E-state index contributed by atoms with van der Waals surface area (Å²) in [6.07, 6.45) is 4.61. The molecule has 0 aliphatic carbocycles. The fraction of sp³-hybridized carbons (Fsp3) is 0.442. The normalized spacial score (nSPS) is 16.0. The van der Waals surface area contributed by atoms with Crippen LogP contribution in [-0.4, -0.2) is 168 Å². The van der Waals surface area contributed by atoms with Gasteiger partial charge in [0, 0.05) is 125 Å². The average molecular weight is 1580 g/mol. The van der Waals surface area contributed by atoms with E-state index in [0.717, 1.165) is 27.6 Å². The topological polar surface area (TPSA) is 441 Å². The number of hydrogen-bond donors (Lipinski definition) is 13. The van der Waals surface area contributed by atoms with Crippen LogP contribution in [0, 0.1) is 35.0 Å². The van der Waals surface area contributed by atoms with E-state index < -0.39 is 125 Å². The first-order chi connectivity index (χ1) is 54.9. The smallest absolute Gasteiger partial charge is 0.226 e. The number of nitrogens with two attached hydrogens (primary N) is 2. The molecule has 4 heterocycles. The molecule has 7 amide bonds. The van der Waals surface area contributed by atoms with Crippen molar-refractivity contribution in [1.82, 2.24) is 51.8 Å². The molecule has 2 aromatic heterocycles. The minimum Gasteiger partial charge on any atom is -0.508 e. The number of thioether (sulfide) groups is 1. The van der Waals surface area contributed by atoms with Gasteiger partial charge in [-0.1, -0.05) is 142 Å². The lowest BCUT2D eigenvalue weighted by Crippen LogP contribution is -2.50. The van der Waals surface area contributed by atoms with Crippen LogP contribution in [0.5, 0.6) is 5.75 Å². The van der Waals surface area contributed by atoms with E-state index in [9.17, 15) is 48.6 Å². The lowest BCUT2D eigenvalue weighted by Gasteiger charge is -2.35. The highest BCUT2D eigenvalue weighted by molar-refractivity contribution is 8.00. The number of aliphatic hydroxyl groups excluding tert-OH is 1. The molecule has 114 heavy (non-hydrogen) atoms. The lowest BCUT2D eigenvalue weighted by atomic mass is 9.84. The van der Waals surface area contributed by atoms with Gasteiger partial charge < -0.3 is 68.4 Å². The third kappa shape index (κ3) is 25.2. The number of Topliss-reactive ketones (excluding diaryl/α,β-unsaturated/α-hetero) is 5. The highest BCUT2D eigenvalue weighted by atomic mass is 32.2. The number of amides is 7. The molecule has 2 fully saturated rings. The van der Waals surface area contributed by atoms with Gasteiger partial charge in [-0.15, -0.1) is 11.8 Å². The molecule has 0 radical (unpaired) electrons. The Kier molecular flexibility index (Phi) is 32.9. The number of aromatic nitrogens is 3. The van der Waals surface area contributed by atoms with Gasteiger partial charge >= 0.3 is 0 Å². The fourth-order valence-corrected chi connectivity index (χ4v) is 16.7. The number of aliphatic hydroxyl groups is 1. The average Bonchev–Trinajstić information content (AvgIpc) is 1.35.